The number of ether oxygens (including phenoxy) is 1. The van der Waals surface area contributed by atoms with Crippen molar-refractivity contribution in [2.45, 2.75) is 32.6 Å². The number of nitrogens with zero attached hydrogens (tertiary/aromatic N) is 4. The van der Waals surface area contributed by atoms with Gasteiger partial charge in [-0.3, -0.25) is 0 Å². The molecular weight excluding hydrogens is 404 g/mol. The van der Waals surface area contributed by atoms with E-state index in [1.54, 1.807) is 36.9 Å². The summed E-state index contributed by atoms with van der Waals surface area (Å²) < 4.78 is 34.4. The van der Waals surface area contributed by atoms with Crippen molar-refractivity contribution in [1.82, 2.24) is 24.7 Å². The first-order valence-electron chi connectivity index (χ1n) is 9.48. The number of nitrogens with one attached hydrogen (secondary N) is 2. The fourth-order valence-corrected chi connectivity index (χ4v) is 4.07. The summed E-state index contributed by atoms with van der Waals surface area (Å²) in [4.78, 5) is 0.199. The maximum atomic E-state index is 12.4. The second-order valence-electron chi connectivity index (χ2n) is 6.94. The predicted octanol–water partition coefficient (Wildman–Crippen LogP) is 2.29. The molecule has 0 aliphatic rings. The molecule has 160 valence electrons. The fourth-order valence-electron chi connectivity index (χ4n) is 2.95. The summed E-state index contributed by atoms with van der Waals surface area (Å²) in [5.74, 6) is 1.83. The van der Waals surface area contributed by atoms with Gasteiger partial charge < -0.3 is 10.1 Å². The molecule has 3 rings (SSSR count). The Hall–Kier alpha value is -2.98. The smallest absolute Gasteiger partial charge is 0.240 e. The van der Waals surface area contributed by atoms with Crippen LogP contribution in [0.5, 0.6) is 5.75 Å². The summed E-state index contributed by atoms with van der Waals surface area (Å²) in [7, 11) is -2.05. The molecule has 0 radical (unpaired) electrons. The second kappa shape index (κ2) is 8.80. The van der Waals surface area contributed by atoms with E-state index in [9.17, 15) is 8.42 Å². The van der Waals surface area contributed by atoms with E-state index in [0.717, 1.165) is 22.5 Å². The van der Waals surface area contributed by atoms with E-state index >= 15 is 0 Å². The zero-order valence-electron chi connectivity index (χ0n) is 17.7. The molecule has 0 fully saturated rings. The Morgan fingerprint density at radius 2 is 1.80 bits per heavy atom. The summed E-state index contributed by atoms with van der Waals surface area (Å²) in [5, 5.41) is 15.9. The van der Waals surface area contributed by atoms with Crippen LogP contribution >= 0.6 is 0 Å². The minimum atomic E-state index is -3.60. The Balaban J connectivity index is 1.56. The first-order valence-corrected chi connectivity index (χ1v) is 11.0. The Bertz CT molecular complexity index is 1140. The van der Waals surface area contributed by atoms with Crippen LogP contribution in [0.15, 0.2) is 35.2 Å². The van der Waals surface area contributed by atoms with Gasteiger partial charge in [0.2, 0.25) is 10.0 Å². The van der Waals surface area contributed by atoms with Crippen molar-refractivity contribution < 1.29 is 13.2 Å². The molecular formula is C20H26N6O3S. The molecule has 0 atom stereocenters. The summed E-state index contributed by atoms with van der Waals surface area (Å²) in [5.41, 5.74) is 3.85. The zero-order valence-corrected chi connectivity index (χ0v) is 18.5. The standard InChI is InChI=1S/C20H26N6O3S/c1-13-12-17(6-7-18(13)29-5)30(27,28)22-11-10-21-19-8-9-20(24-23-19)26-16(4)14(2)15(3)25-26/h6-9,12,22H,10-11H2,1-5H3,(H,21,23). The highest BCUT2D eigenvalue weighted by Crippen LogP contribution is 2.21. The van der Waals surface area contributed by atoms with Gasteiger partial charge in [0.1, 0.15) is 11.6 Å². The molecule has 0 aliphatic carbocycles. The van der Waals surface area contributed by atoms with E-state index in [4.69, 9.17) is 4.74 Å². The number of anilines is 1. The highest BCUT2D eigenvalue weighted by atomic mass is 32.2. The molecule has 3 aromatic rings. The van der Waals surface area contributed by atoms with Gasteiger partial charge in [0, 0.05) is 18.8 Å². The molecule has 9 nitrogen and oxygen atoms in total. The molecule has 0 saturated carbocycles. The Kier molecular flexibility index (Phi) is 6.37. The highest BCUT2D eigenvalue weighted by Gasteiger charge is 2.15. The molecule has 0 aliphatic heterocycles. The number of sulfonamides is 1. The average molecular weight is 431 g/mol. The normalized spacial score (nSPS) is 11.5. The Labute approximate surface area is 176 Å². The Morgan fingerprint density at radius 3 is 2.37 bits per heavy atom. The second-order valence-corrected chi connectivity index (χ2v) is 8.71. The van der Waals surface area contributed by atoms with Crippen molar-refractivity contribution in [2.24, 2.45) is 0 Å². The number of aromatic nitrogens is 4. The van der Waals surface area contributed by atoms with E-state index in [1.165, 1.54) is 6.07 Å². The summed E-state index contributed by atoms with van der Waals surface area (Å²) in [6.45, 7) is 8.33. The first kappa shape index (κ1) is 21.7. The van der Waals surface area contributed by atoms with Crippen LogP contribution < -0.4 is 14.8 Å². The van der Waals surface area contributed by atoms with Crippen LogP contribution in [0.4, 0.5) is 5.82 Å². The summed E-state index contributed by atoms with van der Waals surface area (Å²) >= 11 is 0. The molecule has 30 heavy (non-hydrogen) atoms. The number of aryl methyl sites for hydroxylation is 2. The topological polar surface area (TPSA) is 111 Å². The predicted molar refractivity (Wildman–Crippen MR) is 115 cm³/mol. The van der Waals surface area contributed by atoms with Crippen molar-refractivity contribution in [3.05, 3.63) is 52.8 Å². The monoisotopic (exact) mass is 430 g/mol. The first-order chi connectivity index (χ1) is 14.2. The molecule has 2 N–H and O–H groups in total. The lowest BCUT2D eigenvalue weighted by Crippen LogP contribution is -2.29. The fraction of sp³-hybridized carbons (Fsp3) is 0.350. The number of benzene rings is 1. The average Bonchev–Trinajstić information content (AvgIpc) is 2.99. The number of methoxy groups -OCH3 is 1. The van der Waals surface area contributed by atoms with E-state index in [-0.39, 0.29) is 11.4 Å². The molecule has 0 amide bonds. The maximum absolute atomic E-state index is 12.4. The van der Waals surface area contributed by atoms with Gasteiger partial charge in [-0.1, -0.05) is 0 Å². The van der Waals surface area contributed by atoms with Gasteiger partial charge in [-0.15, -0.1) is 10.2 Å². The summed E-state index contributed by atoms with van der Waals surface area (Å²) in [6, 6.07) is 8.35. The molecule has 0 saturated heterocycles. The van der Waals surface area contributed by atoms with E-state index in [2.05, 4.69) is 25.3 Å². The molecule has 10 heteroatoms. The minimum absolute atomic E-state index is 0.199. The Morgan fingerprint density at radius 1 is 1.03 bits per heavy atom. The van der Waals surface area contributed by atoms with Gasteiger partial charge in [0.15, 0.2) is 5.82 Å². The van der Waals surface area contributed by atoms with E-state index in [0.29, 0.717) is 23.9 Å². The van der Waals surface area contributed by atoms with Crippen LogP contribution in [0.3, 0.4) is 0 Å². The van der Waals surface area contributed by atoms with Crippen LogP contribution in [0.2, 0.25) is 0 Å². The molecule has 1 aromatic carbocycles. The molecule has 0 unspecified atom stereocenters. The molecule has 2 heterocycles. The van der Waals surface area contributed by atoms with Gasteiger partial charge in [-0.2, -0.15) is 5.10 Å². The van der Waals surface area contributed by atoms with Crippen LogP contribution in [0.25, 0.3) is 5.82 Å². The lowest BCUT2D eigenvalue weighted by atomic mass is 10.2. The number of rotatable bonds is 8. The summed E-state index contributed by atoms with van der Waals surface area (Å²) in [6.07, 6.45) is 0. The number of hydrogen-bond acceptors (Lipinski definition) is 7. The van der Waals surface area contributed by atoms with Crippen molar-refractivity contribution in [3.8, 4) is 11.6 Å². The minimum Gasteiger partial charge on any atom is -0.496 e. The van der Waals surface area contributed by atoms with Crippen LogP contribution in [-0.2, 0) is 10.0 Å². The van der Waals surface area contributed by atoms with Crippen molar-refractivity contribution in [1.29, 1.82) is 0 Å². The highest BCUT2D eigenvalue weighted by molar-refractivity contribution is 7.89. The van der Waals surface area contributed by atoms with Gasteiger partial charge in [-0.25, -0.2) is 17.8 Å². The van der Waals surface area contributed by atoms with Gasteiger partial charge >= 0.3 is 0 Å². The van der Waals surface area contributed by atoms with Crippen molar-refractivity contribution in [3.63, 3.8) is 0 Å². The van der Waals surface area contributed by atoms with E-state index < -0.39 is 10.0 Å². The SMILES string of the molecule is COc1ccc(S(=O)(=O)NCCNc2ccc(-n3nc(C)c(C)c3C)nn2)cc1C. The van der Waals surface area contributed by atoms with Crippen LogP contribution in [-0.4, -0.2) is 48.6 Å². The van der Waals surface area contributed by atoms with Gasteiger partial charge in [0.05, 0.1) is 17.7 Å². The zero-order chi connectivity index (χ0) is 21.9. The van der Waals surface area contributed by atoms with Crippen LogP contribution in [0.1, 0.15) is 22.5 Å². The van der Waals surface area contributed by atoms with Gasteiger partial charge in [-0.05, 0) is 69.2 Å². The van der Waals surface area contributed by atoms with Gasteiger partial charge in [0.25, 0.3) is 0 Å². The molecule has 0 spiro atoms. The maximum Gasteiger partial charge on any atom is 0.240 e. The van der Waals surface area contributed by atoms with E-state index in [1.807, 2.05) is 26.8 Å². The third-order valence-corrected chi connectivity index (χ3v) is 6.38. The lowest BCUT2D eigenvalue weighted by molar-refractivity contribution is 0.411. The van der Waals surface area contributed by atoms with Crippen LogP contribution in [0, 0.1) is 27.7 Å². The molecule has 2 aromatic heterocycles. The quantitative estimate of drug-likeness (QED) is 0.528. The molecule has 0 bridgehead atoms. The lowest BCUT2D eigenvalue weighted by Gasteiger charge is -2.10. The third-order valence-electron chi connectivity index (χ3n) is 4.92. The third kappa shape index (κ3) is 4.60. The largest absolute Gasteiger partial charge is 0.496 e. The van der Waals surface area contributed by atoms with Crippen molar-refractivity contribution >= 4 is 15.8 Å². The number of hydrogen-bond donors (Lipinski definition) is 2. The van der Waals surface area contributed by atoms with Crippen molar-refractivity contribution in [2.75, 3.05) is 25.5 Å².